The summed E-state index contributed by atoms with van der Waals surface area (Å²) < 4.78 is 2.27. The van der Waals surface area contributed by atoms with Crippen molar-refractivity contribution in [2.45, 2.75) is 44.9 Å². The van der Waals surface area contributed by atoms with Crippen LogP contribution in [-0.4, -0.2) is 32.9 Å². The van der Waals surface area contributed by atoms with Crippen molar-refractivity contribution in [3.63, 3.8) is 0 Å². The monoisotopic (exact) mass is 339 g/mol. The van der Waals surface area contributed by atoms with Gasteiger partial charge in [-0.25, -0.2) is 10.9 Å². The van der Waals surface area contributed by atoms with Crippen LogP contribution in [0, 0.1) is 5.92 Å². The van der Waals surface area contributed by atoms with E-state index >= 15 is 0 Å². The zero-order valence-electron chi connectivity index (χ0n) is 14.7. The van der Waals surface area contributed by atoms with Crippen LogP contribution < -0.4 is 10.9 Å². The number of carbonyl (C=O) groups excluding carboxylic acids is 1. The highest BCUT2D eigenvalue weighted by molar-refractivity contribution is 5.82. The zero-order chi connectivity index (χ0) is 17.4. The molecule has 0 radical (unpaired) electrons. The molecule has 2 aromatic heterocycles. The van der Waals surface area contributed by atoms with Gasteiger partial charge in [-0.1, -0.05) is 19.9 Å². The predicted molar refractivity (Wildman–Crippen MR) is 95.4 cm³/mol. The fraction of sp³-hybridized carbons (Fsp3) is 0.474. The summed E-state index contributed by atoms with van der Waals surface area (Å²) in [5.41, 5.74) is 8.64. The van der Waals surface area contributed by atoms with Gasteiger partial charge in [-0.05, 0) is 36.6 Å². The van der Waals surface area contributed by atoms with Crippen LogP contribution in [0.3, 0.4) is 0 Å². The van der Waals surface area contributed by atoms with E-state index in [9.17, 15) is 4.79 Å². The lowest BCUT2D eigenvalue weighted by molar-refractivity contribution is -0.138. The fourth-order valence-electron chi connectivity index (χ4n) is 4.06. The van der Waals surface area contributed by atoms with Crippen LogP contribution in [0.5, 0.6) is 0 Å². The van der Waals surface area contributed by atoms with Gasteiger partial charge in [0.25, 0.3) is 0 Å². The second-order valence-corrected chi connectivity index (χ2v) is 7.23. The van der Waals surface area contributed by atoms with Gasteiger partial charge in [0.2, 0.25) is 5.91 Å². The molecule has 0 aliphatic carbocycles. The summed E-state index contributed by atoms with van der Waals surface area (Å²) in [7, 11) is 0. The molecule has 1 fully saturated rings. The summed E-state index contributed by atoms with van der Waals surface area (Å²) in [5.74, 6) is 0.552. The summed E-state index contributed by atoms with van der Waals surface area (Å²) in [4.78, 5) is 19.7. The Labute approximate surface area is 148 Å². The molecule has 1 saturated heterocycles. The molecule has 4 heterocycles. The molecular weight excluding hydrogens is 314 g/mol. The van der Waals surface area contributed by atoms with E-state index in [4.69, 9.17) is 0 Å². The van der Waals surface area contributed by atoms with E-state index in [0.717, 1.165) is 25.2 Å². The number of aromatic nitrogens is 2. The molecule has 6 heteroatoms. The van der Waals surface area contributed by atoms with E-state index in [0.29, 0.717) is 5.92 Å². The van der Waals surface area contributed by atoms with Crippen molar-refractivity contribution >= 4 is 5.91 Å². The van der Waals surface area contributed by atoms with Crippen molar-refractivity contribution in [2.75, 3.05) is 6.54 Å². The third-order valence-electron chi connectivity index (χ3n) is 5.25. The van der Waals surface area contributed by atoms with Gasteiger partial charge in [0.15, 0.2) is 0 Å². The number of hydrazine groups is 1. The Balaban J connectivity index is 1.51. The van der Waals surface area contributed by atoms with Gasteiger partial charge in [-0.3, -0.25) is 9.78 Å². The molecular formula is C19H25N5O. The minimum Gasteiger partial charge on any atom is -0.348 e. The van der Waals surface area contributed by atoms with Crippen molar-refractivity contribution in [1.82, 2.24) is 25.3 Å². The number of carbonyl (C=O) groups is 1. The van der Waals surface area contributed by atoms with Gasteiger partial charge in [0, 0.05) is 31.2 Å². The van der Waals surface area contributed by atoms with Crippen LogP contribution in [0.25, 0.3) is 0 Å². The van der Waals surface area contributed by atoms with Gasteiger partial charge in [0.05, 0.1) is 17.8 Å². The minimum absolute atomic E-state index is 0.0706. The van der Waals surface area contributed by atoms with Crippen LogP contribution in [-0.2, 0) is 11.3 Å². The Morgan fingerprint density at radius 1 is 1.20 bits per heavy atom. The second kappa shape index (κ2) is 6.61. The van der Waals surface area contributed by atoms with E-state index in [1.165, 1.54) is 5.69 Å². The summed E-state index contributed by atoms with van der Waals surface area (Å²) in [5, 5.41) is 0. The van der Waals surface area contributed by atoms with Gasteiger partial charge in [-0.15, -0.1) is 0 Å². The summed E-state index contributed by atoms with van der Waals surface area (Å²) in [6.45, 7) is 5.99. The fourth-order valence-corrected chi connectivity index (χ4v) is 4.06. The molecule has 1 amide bonds. The van der Waals surface area contributed by atoms with Gasteiger partial charge < -0.3 is 9.47 Å². The Kier molecular flexibility index (Phi) is 4.31. The van der Waals surface area contributed by atoms with E-state index in [2.05, 4.69) is 57.5 Å². The molecule has 2 aromatic rings. The average molecular weight is 339 g/mol. The number of hydrogen-bond donors (Lipinski definition) is 2. The lowest BCUT2D eigenvalue weighted by Crippen LogP contribution is -2.51. The molecule has 132 valence electrons. The summed E-state index contributed by atoms with van der Waals surface area (Å²) in [6.07, 6.45) is 4.62. The maximum absolute atomic E-state index is 13.2. The average Bonchev–Trinajstić information content (AvgIpc) is 3.30. The Hall–Kier alpha value is -2.18. The largest absolute Gasteiger partial charge is 0.348 e. The van der Waals surface area contributed by atoms with E-state index < -0.39 is 0 Å². The van der Waals surface area contributed by atoms with Gasteiger partial charge >= 0.3 is 0 Å². The van der Waals surface area contributed by atoms with Crippen LogP contribution in [0.15, 0.2) is 42.7 Å². The number of fused-ring (bicyclic) bond motifs is 1. The number of hydrogen-bond acceptors (Lipinski definition) is 4. The number of nitrogens with one attached hydrogen (secondary N) is 2. The SMILES string of the molecule is CC(C)C1c2cccn2CCN1C(=O)C1CC(c2ccccn2)NN1. The lowest BCUT2D eigenvalue weighted by atomic mass is 9.95. The van der Waals surface area contributed by atoms with E-state index in [1.807, 2.05) is 18.2 Å². The number of amides is 1. The number of pyridine rings is 1. The highest BCUT2D eigenvalue weighted by Crippen LogP contribution is 2.34. The Bertz CT molecular complexity index is 741. The molecule has 2 N–H and O–H groups in total. The first-order valence-electron chi connectivity index (χ1n) is 9.02. The van der Waals surface area contributed by atoms with Gasteiger partial charge in [0.1, 0.15) is 6.04 Å². The van der Waals surface area contributed by atoms with Crippen molar-refractivity contribution in [3.05, 3.63) is 54.1 Å². The third kappa shape index (κ3) is 2.96. The Morgan fingerprint density at radius 3 is 2.84 bits per heavy atom. The first-order chi connectivity index (χ1) is 12.1. The van der Waals surface area contributed by atoms with Gasteiger partial charge in [-0.2, -0.15) is 0 Å². The van der Waals surface area contributed by atoms with Crippen LogP contribution >= 0.6 is 0 Å². The van der Waals surface area contributed by atoms with Crippen molar-refractivity contribution in [1.29, 1.82) is 0 Å². The van der Waals surface area contributed by atoms with E-state index in [-0.39, 0.29) is 24.0 Å². The molecule has 0 bridgehead atoms. The van der Waals surface area contributed by atoms with Crippen molar-refractivity contribution in [2.24, 2.45) is 5.92 Å². The molecule has 3 unspecified atom stereocenters. The first-order valence-corrected chi connectivity index (χ1v) is 9.02. The van der Waals surface area contributed by atoms with Crippen molar-refractivity contribution in [3.8, 4) is 0 Å². The minimum atomic E-state index is -0.213. The standard InChI is InChI=1S/C19H25N5O/c1-13(2)18-17-7-5-9-23(17)10-11-24(18)19(25)16-12-15(21-22-16)14-6-3-4-8-20-14/h3-9,13,15-16,18,21-22H,10-12H2,1-2H3. The maximum atomic E-state index is 13.2. The highest BCUT2D eigenvalue weighted by Gasteiger charge is 2.39. The smallest absolute Gasteiger partial charge is 0.241 e. The second-order valence-electron chi connectivity index (χ2n) is 7.23. The zero-order valence-corrected chi connectivity index (χ0v) is 14.7. The molecule has 25 heavy (non-hydrogen) atoms. The molecule has 2 aliphatic rings. The van der Waals surface area contributed by atoms with E-state index in [1.54, 1.807) is 6.20 Å². The molecule has 3 atom stereocenters. The lowest BCUT2D eigenvalue weighted by Gasteiger charge is -2.40. The molecule has 2 aliphatic heterocycles. The number of nitrogens with zero attached hydrogens (tertiary/aromatic N) is 3. The highest BCUT2D eigenvalue weighted by atomic mass is 16.2. The maximum Gasteiger partial charge on any atom is 0.241 e. The molecule has 4 rings (SSSR count). The third-order valence-corrected chi connectivity index (χ3v) is 5.25. The quantitative estimate of drug-likeness (QED) is 0.898. The normalized spacial score (nSPS) is 26.0. The molecule has 0 aromatic carbocycles. The topological polar surface area (TPSA) is 62.2 Å². The number of rotatable bonds is 3. The van der Waals surface area contributed by atoms with Crippen LogP contribution in [0.2, 0.25) is 0 Å². The summed E-state index contributed by atoms with van der Waals surface area (Å²) >= 11 is 0. The predicted octanol–water partition coefficient (Wildman–Crippen LogP) is 2.03. The molecule has 6 nitrogen and oxygen atoms in total. The molecule has 0 saturated carbocycles. The van der Waals surface area contributed by atoms with Crippen LogP contribution in [0.4, 0.5) is 0 Å². The Morgan fingerprint density at radius 2 is 2.08 bits per heavy atom. The summed E-state index contributed by atoms with van der Waals surface area (Å²) in [6, 6.07) is 10.1. The van der Waals surface area contributed by atoms with Crippen LogP contribution in [0.1, 0.15) is 43.7 Å². The van der Waals surface area contributed by atoms with Crippen molar-refractivity contribution < 1.29 is 4.79 Å². The molecule has 0 spiro atoms. The first kappa shape index (κ1) is 16.3.